The second-order valence-electron chi connectivity index (χ2n) is 5.18. The summed E-state index contributed by atoms with van der Waals surface area (Å²) in [7, 11) is 0. The fourth-order valence-corrected chi connectivity index (χ4v) is 3.71. The number of ether oxygens (including phenoxy) is 1. The van der Waals surface area contributed by atoms with Gasteiger partial charge in [-0.15, -0.1) is 0 Å². The third kappa shape index (κ3) is 4.10. The normalized spacial score (nSPS) is 12.2. The minimum absolute atomic E-state index is 0.330. The van der Waals surface area contributed by atoms with E-state index < -0.39 is 6.10 Å². The number of hydrogen-bond donors (Lipinski definition) is 2. The van der Waals surface area contributed by atoms with Crippen LogP contribution in [0.5, 0.6) is 5.75 Å². The largest absolute Gasteiger partial charge is 0.479 e. The fourth-order valence-electron chi connectivity index (χ4n) is 2.14. The molecule has 0 aliphatic rings. The van der Waals surface area contributed by atoms with E-state index in [1.165, 1.54) is 11.3 Å². The first-order valence-corrected chi connectivity index (χ1v) is 9.06. The third-order valence-electron chi connectivity index (χ3n) is 3.30. The topological polar surface area (TPSA) is 77.2 Å². The molecule has 130 valence electrons. The molecule has 0 aliphatic carbocycles. The van der Waals surface area contributed by atoms with Crippen molar-refractivity contribution in [2.45, 2.75) is 13.0 Å². The van der Waals surface area contributed by atoms with Crippen molar-refractivity contribution < 1.29 is 9.53 Å². The van der Waals surface area contributed by atoms with E-state index >= 15 is 0 Å². The second kappa shape index (κ2) is 7.25. The number of rotatable bonds is 4. The number of benzene rings is 2. The van der Waals surface area contributed by atoms with Crippen LogP contribution in [0.25, 0.3) is 10.2 Å². The highest BCUT2D eigenvalue weighted by Gasteiger charge is 2.18. The lowest BCUT2D eigenvalue weighted by molar-refractivity contribution is -0.122. The summed E-state index contributed by atoms with van der Waals surface area (Å²) in [5.74, 6) is 0.0244. The molecule has 1 amide bonds. The van der Waals surface area contributed by atoms with Crippen LogP contribution in [0.1, 0.15) is 6.92 Å². The fraction of sp³-hybridized carbons (Fsp3) is 0.125. The molecule has 0 saturated heterocycles. The molecule has 1 heterocycles. The van der Waals surface area contributed by atoms with Gasteiger partial charge in [-0.3, -0.25) is 4.79 Å². The van der Waals surface area contributed by atoms with Crippen LogP contribution in [0, 0.1) is 0 Å². The highest BCUT2D eigenvalue weighted by molar-refractivity contribution is 7.22. The Morgan fingerprint density at radius 3 is 2.72 bits per heavy atom. The summed E-state index contributed by atoms with van der Waals surface area (Å²) in [4.78, 5) is 16.5. The highest BCUT2D eigenvalue weighted by Crippen LogP contribution is 2.33. The summed E-state index contributed by atoms with van der Waals surface area (Å²) in [6, 6.07) is 8.16. The minimum Gasteiger partial charge on any atom is -0.479 e. The Morgan fingerprint density at radius 2 is 2.00 bits per heavy atom. The number of aromatic nitrogens is 1. The van der Waals surface area contributed by atoms with Crippen molar-refractivity contribution in [3.8, 4) is 5.75 Å². The third-order valence-corrected chi connectivity index (χ3v) is 4.95. The maximum absolute atomic E-state index is 12.4. The highest BCUT2D eigenvalue weighted by atomic mass is 35.5. The van der Waals surface area contributed by atoms with Gasteiger partial charge in [0.05, 0.1) is 14.7 Å². The zero-order chi connectivity index (χ0) is 18.1. The van der Waals surface area contributed by atoms with Gasteiger partial charge in [-0.25, -0.2) is 4.98 Å². The van der Waals surface area contributed by atoms with E-state index in [0.717, 1.165) is 4.70 Å². The Labute approximate surface area is 162 Å². The first-order chi connectivity index (χ1) is 11.8. The predicted octanol–water partition coefficient (Wildman–Crippen LogP) is 5.24. The van der Waals surface area contributed by atoms with Gasteiger partial charge in [0, 0.05) is 10.7 Å². The Hall–Kier alpha value is -1.73. The monoisotopic (exact) mass is 415 g/mol. The second-order valence-corrected chi connectivity index (χ2v) is 7.49. The Kier molecular flexibility index (Phi) is 5.24. The molecule has 0 bridgehead atoms. The molecule has 0 spiro atoms. The predicted molar refractivity (Wildman–Crippen MR) is 104 cm³/mol. The number of anilines is 2. The number of amides is 1. The quantitative estimate of drug-likeness (QED) is 0.609. The molecule has 5 nitrogen and oxygen atoms in total. The van der Waals surface area contributed by atoms with Gasteiger partial charge < -0.3 is 15.8 Å². The number of nitrogens with two attached hydrogens (primary N) is 1. The molecule has 25 heavy (non-hydrogen) atoms. The molecule has 0 radical (unpaired) electrons. The number of halogens is 3. The number of thiazole rings is 1. The molecule has 0 aliphatic heterocycles. The molecule has 3 N–H and O–H groups in total. The summed E-state index contributed by atoms with van der Waals surface area (Å²) < 4.78 is 6.38. The Morgan fingerprint density at radius 1 is 1.24 bits per heavy atom. The van der Waals surface area contributed by atoms with Gasteiger partial charge in [0.25, 0.3) is 5.91 Å². The number of carbonyl (C=O) groups is 1. The number of nitrogens with zero attached hydrogens (tertiary/aromatic N) is 1. The van der Waals surface area contributed by atoms with Crippen molar-refractivity contribution in [3.63, 3.8) is 0 Å². The van der Waals surface area contributed by atoms with E-state index in [1.807, 2.05) is 0 Å². The van der Waals surface area contributed by atoms with Crippen molar-refractivity contribution in [3.05, 3.63) is 45.4 Å². The average Bonchev–Trinajstić information content (AvgIpc) is 2.91. The van der Waals surface area contributed by atoms with Gasteiger partial charge in [0.15, 0.2) is 11.2 Å². The molecule has 1 atom stereocenters. The Bertz CT molecular complexity index is 961. The SMILES string of the molecule is C[C@@H](Oc1ccc(Cl)cc1Cl)C(=O)Nc1cc(Cl)c2nc(N)sc2c1. The van der Waals surface area contributed by atoms with E-state index in [0.29, 0.717) is 37.2 Å². The lowest BCUT2D eigenvalue weighted by Crippen LogP contribution is -2.30. The molecule has 1 aromatic heterocycles. The lowest BCUT2D eigenvalue weighted by Gasteiger charge is -2.16. The number of hydrogen-bond acceptors (Lipinski definition) is 5. The number of nitrogens with one attached hydrogen (secondary N) is 1. The van der Waals surface area contributed by atoms with Gasteiger partial charge in [0.1, 0.15) is 11.3 Å². The smallest absolute Gasteiger partial charge is 0.265 e. The molecule has 2 aromatic carbocycles. The summed E-state index contributed by atoms with van der Waals surface area (Å²) in [6.07, 6.45) is -0.778. The number of carbonyl (C=O) groups excluding carboxylic acids is 1. The number of fused-ring (bicyclic) bond motifs is 1. The maximum atomic E-state index is 12.4. The van der Waals surface area contributed by atoms with E-state index in [2.05, 4.69) is 10.3 Å². The van der Waals surface area contributed by atoms with Gasteiger partial charge in [-0.05, 0) is 37.3 Å². The Balaban J connectivity index is 1.75. The standard InChI is InChI=1S/C16H12Cl3N3O2S/c1-7(24-12-3-2-8(17)4-10(12)18)15(23)21-9-5-11(19)14-13(6-9)25-16(20)22-14/h2-7H,1H3,(H2,20,22)(H,21,23)/t7-/m1/s1. The van der Waals surface area contributed by atoms with E-state index in [9.17, 15) is 4.79 Å². The van der Waals surface area contributed by atoms with Crippen LogP contribution in [-0.2, 0) is 4.79 Å². The van der Waals surface area contributed by atoms with Crippen molar-refractivity contribution in [1.82, 2.24) is 4.98 Å². The molecular formula is C16H12Cl3N3O2S. The van der Waals surface area contributed by atoms with Crippen molar-refractivity contribution in [2.75, 3.05) is 11.1 Å². The van der Waals surface area contributed by atoms with Crippen LogP contribution in [0.3, 0.4) is 0 Å². The lowest BCUT2D eigenvalue weighted by atomic mass is 10.2. The van der Waals surface area contributed by atoms with Crippen LogP contribution < -0.4 is 15.8 Å². The van der Waals surface area contributed by atoms with E-state index in [-0.39, 0.29) is 5.91 Å². The summed E-state index contributed by atoms with van der Waals surface area (Å²) in [5, 5.41) is 4.40. The van der Waals surface area contributed by atoms with Gasteiger partial charge in [-0.2, -0.15) is 0 Å². The molecular weight excluding hydrogens is 405 g/mol. The van der Waals surface area contributed by atoms with Crippen molar-refractivity contribution in [1.29, 1.82) is 0 Å². The summed E-state index contributed by atoms with van der Waals surface area (Å²) in [5.41, 5.74) is 6.83. The summed E-state index contributed by atoms with van der Waals surface area (Å²) >= 11 is 19.4. The maximum Gasteiger partial charge on any atom is 0.265 e. The van der Waals surface area contributed by atoms with Crippen LogP contribution in [-0.4, -0.2) is 17.0 Å². The first-order valence-electron chi connectivity index (χ1n) is 7.11. The van der Waals surface area contributed by atoms with Crippen LogP contribution in [0.4, 0.5) is 10.8 Å². The summed E-state index contributed by atoms with van der Waals surface area (Å²) in [6.45, 7) is 1.62. The molecule has 3 rings (SSSR count). The van der Waals surface area contributed by atoms with E-state index in [1.54, 1.807) is 37.3 Å². The molecule has 0 saturated carbocycles. The van der Waals surface area contributed by atoms with Gasteiger partial charge in [0.2, 0.25) is 0 Å². The van der Waals surface area contributed by atoms with E-state index in [4.69, 9.17) is 45.3 Å². The first kappa shape index (κ1) is 18.1. The van der Waals surface area contributed by atoms with Crippen LogP contribution in [0.15, 0.2) is 30.3 Å². The average molecular weight is 417 g/mol. The zero-order valence-electron chi connectivity index (χ0n) is 12.8. The minimum atomic E-state index is -0.778. The van der Waals surface area contributed by atoms with Crippen molar-refractivity contribution >= 4 is 73.1 Å². The zero-order valence-corrected chi connectivity index (χ0v) is 15.9. The van der Waals surface area contributed by atoms with Crippen molar-refractivity contribution in [2.24, 2.45) is 0 Å². The van der Waals surface area contributed by atoms with Gasteiger partial charge >= 0.3 is 0 Å². The van der Waals surface area contributed by atoms with Crippen LogP contribution in [0.2, 0.25) is 15.1 Å². The number of nitrogen functional groups attached to an aromatic ring is 1. The molecule has 3 aromatic rings. The van der Waals surface area contributed by atoms with Crippen LogP contribution >= 0.6 is 46.1 Å². The molecule has 0 unspecified atom stereocenters. The molecule has 9 heteroatoms. The van der Waals surface area contributed by atoms with Gasteiger partial charge in [-0.1, -0.05) is 46.1 Å². The molecule has 0 fully saturated rings.